The fourth-order valence-corrected chi connectivity index (χ4v) is 4.93. The van der Waals surface area contributed by atoms with Crippen LogP contribution in [0.15, 0.2) is 94.8 Å². The van der Waals surface area contributed by atoms with E-state index in [4.69, 9.17) is 15.2 Å². The van der Waals surface area contributed by atoms with Gasteiger partial charge < -0.3 is 20.3 Å². The van der Waals surface area contributed by atoms with Gasteiger partial charge in [-0.15, -0.1) is 11.3 Å². The number of rotatable bonds is 6. The highest BCUT2D eigenvalue weighted by atomic mass is 32.1. The third kappa shape index (κ3) is 4.35. The second-order valence-corrected chi connectivity index (χ2v) is 8.82. The topological polar surface area (TPSA) is 126 Å². The lowest BCUT2D eigenvalue weighted by Crippen LogP contribution is -2.40. The van der Waals surface area contributed by atoms with Crippen LogP contribution in [0, 0.1) is 11.3 Å². The van der Waals surface area contributed by atoms with E-state index in [1.165, 1.54) is 30.5 Å². The summed E-state index contributed by atoms with van der Waals surface area (Å²) in [6, 6.07) is 21.3. The van der Waals surface area contributed by atoms with Crippen LogP contribution in [-0.4, -0.2) is 31.3 Å². The van der Waals surface area contributed by atoms with Gasteiger partial charge in [0.1, 0.15) is 17.6 Å². The van der Waals surface area contributed by atoms with Gasteiger partial charge in [0.25, 0.3) is 0 Å². The lowest BCUT2D eigenvalue weighted by molar-refractivity contribution is -0.139. The van der Waals surface area contributed by atoms with Crippen molar-refractivity contribution in [1.29, 1.82) is 5.26 Å². The number of ether oxygens (including phenoxy) is 2. The zero-order chi connectivity index (χ0) is 25.8. The predicted octanol–water partition coefficient (Wildman–Crippen LogP) is 3.73. The van der Waals surface area contributed by atoms with Crippen molar-refractivity contribution in [3.63, 3.8) is 0 Å². The Hall–Kier alpha value is -4.39. The van der Waals surface area contributed by atoms with E-state index >= 15 is 0 Å². The number of hydrogen-bond acceptors (Lipinski definition) is 9. The van der Waals surface area contributed by atoms with Crippen LogP contribution in [0.25, 0.3) is 0 Å². The Morgan fingerprint density at radius 2 is 1.69 bits per heavy atom. The van der Waals surface area contributed by atoms with Crippen LogP contribution in [-0.2, 0) is 19.1 Å². The summed E-state index contributed by atoms with van der Waals surface area (Å²) < 4.78 is 10.1. The minimum absolute atomic E-state index is 0.0223. The zero-order valence-electron chi connectivity index (χ0n) is 19.5. The molecular weight excluding hydrogens is 478 g/mol. The Bertz CT molecular complexity index is 1370. The van der Waals surface area contributed by atoms with E-state index in [9.17, 15) is 20.0 Å². The van der Waals surface area contributed by atoms with Gasteiger partial charge in [0, 0.05) is 10.6 Å². The molecule has 1 aliphatic rings. The number of benzene rings is 2. The van der Waals surface area contributed by atoms with Gasteiger partial charge in [0.05, 0.1) is 37.4 Å². The van der Waals surface area contributed by atoms with Gasteiger partial charge in [-0.3, -0.25) is 4.90 Å². The molecule has 2 aromatic carbocycles. The number of nitrogens with zero attached hydrogens (tertiary/aromatic N) is 2. The quantitative estimate of drug-likeness (QED) is 0.490. The maximum absolute atomic E-state index is 13.1. The summed E-state index contributed by atoms with van der Waals surface area (Å²) in [4.78, 5) is 28.3. The number of aliphatic hydroxyl groups excluding tert-OH is 1. The Kier molecular flexibility index (Phi) is 7.20. The Morgan fingerprint density at radius 3 is 2.25 bits per heavy atom. The maximum Gasteiger partial charge on any atom is 0.355 e. The molecule has 3 N–H and O–H groups in total. The third-order valence-electron chi connectivity index (χ3n) is 5.89. The molecule has 3 aromatic rings. The number of aliphatic hydroxyl groups is 1. The molecule has 1 aliphatic heterocycles. The van der Waals surface area contributed by atoms with Crippen LogP contribution >= 0.6 is 11.3 Å². The normalized spacial score (nSPS) is 16.4. The summed E-state index contributed by atoms with van der Waals surface area (Å²) in [6.07, 6.45) is -0.827. The lowest BCUT2D eigenvalue weighted by atomic mass is 9.81. The van der Waals surface area contributed by atoms with Gasteiger partial charge in [0.15, 0.2) is 0 Å². The number of carbonyl (C=O) groups excluding carboxylic acids is 2. The molecule has 36 heavy (non-hydrogen) atoms. The van der Waals surface area contributed by atoms with Crippen molar-refractivity contribution in [2.24, 2.45) is 5.73 Å². The van der Waals surface area contributed by atoms with Gasteiger partial charge in [-0.1, -0.05) is 48.5 Å². The summed E-state index contributed by atoms with van der Waals surface area (Å²) in [5.41, 5.74) is 7.97. The molecular formula is C27H23N3O5S. The van der Waals surface area contributed by atoms with Crippen LogP contribution in [0.3, 0.4) is 0 Å². The number of anilines is 1. The van der Waals surface area contributed by atoms with E-state index in [-0.39, 0.29) is 22.7 Å². The average Bonchev–Trinajstić information content (AvgIpc) is 3.47. The second-order valence-electron chi connectivity index (χ2n) is 7.84. The SMILES string of the molecule is COC(=O)C1=C(C(=O)OC)N(c2ccc(C(O)c3cccs3)cc2)C(N)=C(C#N)C1c1ccccc1. The van der Waals surface area contributed by atoms with E-state index in [0.29, 0.717) is 16.8 Å². The van der Waals surface area contributed by atoms with Gasteiger partial charge in [-0.05, 0) is 34.7 Å². The van der Waals surface area contributed by atoms with E-state index in [2.05, 4.69) is 6.07 Å². The lowest BCUT2D eigenvalue weighted by Gasteiger charge is -2.36. The smallest absolute Gasteiger partial charge is 0.355 e. The predicted molar refractivity (Wildman–Crippen MR) is 134 cm³/mol. The minimum Gasteiger partial charge on any atom is -0.466 e. The molecule has 0 fully saturated rings. The van der Waals surface area contributed by atoms with Gasteiger partial charge in [-0.25, -0.2) is 9.59 Å². The van der Waals surface area contributed by atoms with E-state index in [1.54, 1.807) is 54.6 Å². The molecule has 2 atom stereocenters. The highest BCUT2D eigenvalue weighted by Crippen LogP contribution is 2.43. The molecule has 9 heteroatoms. The summed E-state index contributed by atoms with van der Waals surface area (Å²) in [7, 11) is 2.39. The highest BCUT2D eigenvalue weighted by Gasteiger charge is 2.43. The number of allylic oxidation sites excluding steroid dienone is 1. The first-order chi connectivity index (χ1) is 17.4. The summed E-state index contributed by atoms with van der Waals surface area (Å²) >= 11 is 1.43. The second kappa shape index (κ2) is 10.5. The zero-order valence-corrected chi connectivity index (χ0v) is 20.4. The number of nitrogens with two attached hydrogens (primary N) is 1. The van der Waals surface area contributed by atoms with Gasteiger partial charge in [0.2, 0.25) is 0 Å². The number of thiophene rings is 1. The maximum atomic E-state index is 13.1. The van der Waals surface area contributed by atoms with Crippen LogP contribution in [0.2, 0.25) is 0 Å². The minimum atomic E-state index is -0.936. The van der Waals surface area contributed by atoms with Crippen molar-refractivity contribution < 1.29 is 24.2 Å². The van der Waals surface area contributed by atoms with Crippen molar-refractivity contribution in [3.8, 4) is 6.07 Å². The fourth-order valence-electron chi connectivity index (χ4n) is 4.20. The number of esters is 2. The Morgan fingerprint density at radius 1 is 1.03 bits per heavy atom. The largest absolute Gasteiger partial charge is 0.466 e. The molecule has 0 radical (unpaired) electrons. The Balaban J connectivity index is 1.91. The third-order valence-corrected chi connectivity index (χ3v) is 6.81. The standard InChI is InChI=1S/C27H23N3O5S/c1-34-26(32)22-21(16-7-4-3-5-8-16)19(15-28)25(29)30(23(22)27(33)35-2)18-12-10-17(11-13-18)24(31)20-9-6-14-36-20/h3-14,21,24,31H,29H2,1-2H3. The number of methoxy groups -OCH3 is 2. The molecule has 2 heterocycles. The molecule has 0 spiro atoms. The van der Waals surface area contributed by atoms with Crippen LogP contribution in [0.4, 0.5) is 5.69 Å². The average molecular weight is 502 g/mol. The Labute approximate surface area is 212 Å². The van der Waals surface area contributed by atoms with Gasteiger partial charge in [-0.2, -0.15) is 5.26 Å². The highest BCUT2D eigenvalue weighted by molar-refractivity contribution is 7.10. The van der Waals surface area contributed by atoms with Gasteiger partial charge >= 0.3 is 11.9 Å². The van der Waals surface area contributed by atoms with E-state index in [0.717, 1.165) is 4.88 Å². The van der Waals surface area contributed by atoms with Crippen LogP contribution in [0.1, 0.15) is 28.0 Å². The molecule has 0 saturated heterocycles. The summed E-state index contributed by atoms with van der Waals surface area (Å²) in [6.45, 7) is 0. The molecule has 0 aliphatic carbocycles. The van der Waals surface area contributed by atoms with Crippen molar-refractivity contribution in [1.82, 2.24) is 0 Å². The number of hydrogen-bond donors (Lipinski definition) is 2. The first kappa shape index (κ1) is 24.7. The first-order valence-corrected chi connectivity index (χ1v) is 11.8. The number of carbonyl (C=O) groups is 2. The fraction of sp³-hybridized carbons (Fsp3) is 0.148. The first-order valence-electron chi connectivity index (χ1n) is 10.9. The van der Waals surface area contributed by atoms with E-state index < -0.39 is 24.0 Å². The van der Waals surface area contributed by atoms with Crippen molar-refractivity contribution in [2.75, 3.05) is 19.1 Å². The van der Waals surface area contributed by atoms with Crippen molar-refractivity contribution in [3.05, 3.63) is 111 Å². The van der Waals surface area contributed by atoms with Crippen LogP contribution in [0.5, 0.6) is 0 Å². The molecule has 0 bridgehead atoms. The molecule has 8 nitrogen and oxygen atoms in total. The van der Waals surface area contributed by atoms with Crippen LogP contribution < -0.4 is 10.6 Å². The van der Waals surface area contributed by atoms with Crippen molar-refractivity contribution in [2.45, 2.75) is 12.0 Å². The monoisotopic (exact) mass is 501 g/mol. The molecule has 4 rings (SSSR count). The molecule has 1 aromatic heterocycles. The molecule has 182 valence electrons. The molecule has 2 unspecified atom stereocenters. The number of nitriles is 1. The summed E-state index contributed by atoms with van der Waals surface area (Å²) in [5, 5.41) is 22.6. The van der Waals surface area contributed by atoms with Crippen molar-refractivity contribution >= 4 is 29.0 Å². The summed E-state index contributed by atoms with van der Waals surface area (Å²) in [5.74, 6) is -2.57. The molecule has 0 amide bonds. The molecule has 0 saturated carbocycles. The van der Waals surface area contributed by atoms with E-state index in [1.807, 2.05) is 17.5 Å².